The molecule has 1 aromatic heterocycles. The Labute approximate surface area is 126 Å². The van der Waals surface area contributed by atoms with E-state index in [2.05, 4.69) is 5.32 Å². The molecule has 0 aromatic carbocycles. The number of aromatic nitrogens is 1. The highest BCUT2D eigenvalue weighted by atomic mass is 32.1. The number of nitrogens with zero attached hydrogens (tertiary/aromatic N) is 1. The minimum atomic E-state index is -1.19. The van der Waals surface area contributed by atoms with Crippen LogP contribution >= 0.6 is 11.3 Å². The van der Waals surface area contributed by atoms with Gasteiger partial charge in [-0.2, -0.15) is 0 Å². The summed E-state index contributed by atoms with van der Waals surface area (Å²) in [5, 5.41) is 13.9. The van der Waals surface area contributed by atoms with Crippen molar-refractivity contribution < 1.29 is 14.7 Å². The zero-order chi connectivity index (χ0) is 15.6. The van der Waals surface area contributed by atoms with Crippen LogP contribution in [0.3, 0.4) is 0 Å². The molecule has 2 unspecified atom stereocenters. The number of carboxylic acids is 1. The van der Waals surface area contributed by atoms with E-state index in [1.54, 1.807) is 12.3 Å². The first-order valence-corrected chi connectivity index (χ1v) is 7.91. The lowest BCUT2D eigenvalue weighted by Gasteiger charge is -2.37. The molecule has 1 saturated carbocycles. The number of hydrogen-bond donors (Lipinski definition) is 2. The van der Waals surface area contributed by atoms with Gasteiger partial charge in [0.25, 0.3) is 0 Å². The molecule has 0 saturated heterocycles. The van der Waals surface area contributed by atoms with E-state index in [1.807, 2.05) is 6.92 Å². The lowest BCUT2D eigenvalue weighted by atomic mass is 9.76. The lowest BCUT2D eigenvalue weighted by molar-refractivity contribution is -0.150. The van der Waals surface area contributed by atoms with Gasteiger partial charge in [0.1, 0.15) is 12.1 Å². The van der Waals surface area contributed by atoms with E-state index in [-0.39, 0.29) is 17.3 Å². The van der Waals surface area contributed by atoms with Crippen LogP contribution < -0.4 is 10.2 Å². The predicted molar refractivity (Wildman–Crippen MR) is 79.5 cm³/mol. The highest BCUT2D eigenvalue weighted by Gasteiger charge is 2.43. The van der Waals surface area contributed by atoms with Gasteiger partial charge in [0.2, 0.25) is 5.91 Å². The number of rotatable bonds is 4. The quantitative estimate of drug-likeness (QED) is 0.879. The number of hydrogen-bond acceptors (Lipinski definition) is 4. The number of carbonyl (C=O) groups is 2. The molecular formula is C14H20N2O4S. The van der Waals surface area contributed by atoms with Gasteiger partial charge in [0, 0.05) is 11.1 Å². The van der Waals surface area contributed by atoms with E-state index in [0.29, 0.717) is 18.5 Å². The Balaban J connectivity index is 2.12. The molecule has 6 nitrogen and oxygen atoms in total. The maximum Gasteiger partial charge on any atom is 0.329 e. The van der Waals surface area contributed by atoms with Gasteiger partial charge in [-0.3, -0.25) is 14.2 Å². The topological polar surface area (TPSA) is 88.4 Å². The monoisotopic (exact) mass is 312 g/mol. The smallest absolute Gasteiger partial charge is 0.329 e. The predicted octanol–water partition coefficient (Wildman–Crippen LogP) is 1.37. The van der Waals surface area contributed by atoms with E-state index in [9.17, 15) is 19.5 Å². The highest BCUT2D eigenvalue weighted by molar-refractivity contribution is 7.07. The highest BCUT2D eigenvalue weighted by Crippen LogP contribution is 2.32. The summed E-state index contributed by atoms with van der Waals surface area (Å²) < 4.78 is 1.36. The van der Waals surface area contributed by atoms with E-state index < -0.39 is 17.4 Å². The van der Waals surface area contributed by atoms with Crippen LogP contribution in [0.5, 0.6) is 0 Å². The number of thiazole rings is 1. The first kappa shape index (κ1) is 15.8. The third-order valence-corrected chi connectivity index (χ3v) is 4.94. The zero-order valence-electron chi connectivity index (χ0n) is 12.2. The molecule has 116 valence electrons. The molecule has 1 fully saturated rings. The summed E-state index contributed by atoms with van der Waals surface area (Å²) >= 11 is 1.04. The van der Waals surface area contributed by atoms with Gasteiger partial charge in [0.15, 0.2) is 0 Å². The fourth-order valence-electron chi connectivity index (χ4n) is 2.96. The average molecular weight is 312 g/mol. The molecule has 2 atom stereocenters. The number of aryl methyl sites for hydroxylation is 1. The van der Waals surface area contributed by atoms with Crippen LogP contribution in [0, 0.1) is 12.8 Å². The van der Waals surface area contributed by atoms with Gasteiger partial charge in [-0.25, -0.2) is 4.79 Å². The average Bonchev–Trinajstić information content (AvgIpc) is 2.70. The summed E-state index contributed by atoms with van der Waals surface area (Å²) in [4.78, 5) is 35.2. The second kappa shape index (κ2) is 6.01. The van der Waals surface area contributed by atoms with Crippen LogP contribution in [0.15, 0.2) is 10.2 Å². The van der Waals surface area contributed by atoms with Crippen molar-refractivity contribution in [1.82, 2.24) is 9.88 Å². The Bertz CT molecular complexity index is 606. The Hall–Kier alpha value is -1.63. The molecule has 0 bridgehead atoms. The number of amides is 1. The largest absolute Gasteiger partial charge is 0.480 e. The molecule has 2 N–H and O–H groups in total. The summed E-state index contributed by atoms with van der Waals surface area (Å²) in [6.07, 6.45) is 2.64. The van der Waals surface area contributed by atoms with E-state index in [0.717, 1.165) is 24.2 Å². The Morgan fingerprint density at radius 1 is 1.57 bits per heavy atom. The van der Waals surface area contributed by atoms with Crippen LogP contribution in [-0.2, 0) is 16.1 Å². The van der Waals surface area contributed by atoms with Crippen molar-refractivity contribution in [2.24, 2.45) is 5.92 Å². The summed E-state index contributed by atoms with van der Waals surface area (Å²) in [7, 11) is 0. The Morgan fingerprint density at radius 3 is 2.81 bits per heavy atom. The molecule has 21 heavy (non-hydrogen) atoms. The zero-order valence-corrected chi connectivity index (χ0v) is 13.0. The van der Waals surface area contributed by atoms with Crippen molar-refractivity contribution in [3.05, 3.63) is 20.7 Å². The van der Waals surface area contributed by atoms with Crippen molar-refractivity contribution in [1.29, 1.82) is 0 Å². The van der Waals surface area contributed by atoms with E-state index >= 15 is 0 Å². The third-order valence-electron chi connectivity index (χ3n) is 4.06. The minimum Gasteiger partial charge on any atom is -0.480 e. The fourth-order valence-corrected chi connectivity index (χ4v) is 3.69. The SMILES string of the molecule is Cc1csc(=O)n1CC(=O)NC1(C(=O)O)CCCC(C)C1. The first-order valence-electron chi connectivity index (χ1n) is 7.03. The van der Waals surface area contributed by atoms with Crippen molar-refractivity contribution in [3.63, 3.8) is 0 Å². The van der Waals surface area contributed by atoms with E-state index in [4.69, 9.17) is 0 Å². The van der Waals surface area contributed by atoms with Crippen molar-refractivity contribution in [2.45, 2.75) is 51.6 Å². The number of aliphatic carboxylic acids is 1. The molecule has 1 heterocycles. The molecular weight excluding hydrogens is 292 g/mol. The minimum absolute atomic E-state index is 0.127. The normalized spacial score (nSPS) is 25.5. The van der Waals surface area contributed by atoms with Gasteiger partial charge >= 0.3 is 10.8 Å². The molecule has 0 radical (unpaired) electrons. The number of carbonyl (C=O) groups excluding carboxylic acids is 1. The molecule has 7 heteroatoms. The fraction of sp³-hybridized carbons (Fsp3) is 0.643. The Morgan fingerprint density at radius 2 is 2.29 bits per heavy atom. The molecule has 1 amide bonds. The first-order chi connectivity index (χ1) is 9.84. The Kier molecular flexibility index (Phi) is 4.51. The van der Waals surface area contributed by atoms with Crippen LogP contribution in [0.4, 0.5) is 0 Å². The van der Waals surface area contributed by atoms with Crippen LogP contribution in [0.2, 0.25) is 0 Å². The van der Waals surface area contributed by atoms with Crippen LogP contribution in [-0.4, -0.2) is 27.1 Å². The molecule has 1 aromatic rings. The maximum absolute atomic E-state index is 12.2. The second-order valence-electron chi connectivity index (χ2n) is 5.87. The molecule has 0 aliphatic heterocycles. The summed E-state index contributed by atoms with van der Waals surface area (Å²) in [5.41, 5.74) is -0.482. The van der Waals surface area contributed by atoms with E-state index in [1.165, 1.54) is 4.57 Å². The molecule has 2 rings (SSSR count). The van der Waals surface area contributed by atoms with Crippen LogP contribution in [0.1, 0.15) is 38.3 Å². The standard InChI is InChI=1S/C14H20N2O4S/c1-9-4-3-5-14(6-9,12(18)19)15-11(17)7-16-10(2)8-21-13(16)20/h8-9H,3-7H2,1-2H3,(H,15,17)(H,18,19). The lowest BCUT2D eigenvalue weighted by Crippen LogP contribution is -2.57. The van der Waals surface area contributed by atoms with Gasteiger partial charge in [-0.15, -0.1) is 0 Å². The van der Waals surface area contributed by atoms with Gasteiger partial charge in [0.05, 0.1) is 0 Å². The van der Waals surface area contributed by atoms with Crippen molar-refractivity contribution >= 4 is 23.2 Å². The molecule has 0 spiro atoms. The van der Waals surface area contributed by atoms with Crippen molar-refractivity contribution in [2.75, 3.05) is 0 Å². The summed E-state index contributed by atoms with van der Waals surface area (Å²) in [6.45, 7) is 3.62. The summed E-state index contributed by atoms with van der Waals surface area (Å²) in [6, 6.07) is 0. The van der Waals surface area contributed by atoms with Gasteiger partial charge in [-0.1, -0.05) is 31.1 Å². The number of nitrogens with one attached hydrogen (secondary N) is 1. The number of carboxylic acid groups (broad SMARTS) is 1. The molecule has 1 aliphatic carbocycles. The molecule has 1 aliphatic rings. The van der Waals surface area contributed by atoms with Gasteiger partial charge in [-0.05, 0) is 25.7 Å². The third kappa shape index (κ3) is 3.34. The summed E-state index contributed by atoms with van der Waals surface area (Å²) in [5.74, 6) is -1.15. The van der Waals surface area contributed by atoms with Crippen LogP contribution in [0.25, 0.3) is 0 Å². The van der Waals surface area contributed by atoms with Crippen molar-refractivity contribution in [3.8, 4) is 0 Å². The maximum atomic E-state index is 12.2. The van der Waals surface area contributed by atoms with Gasteiger partial charge < -0.3 is 10.4 Å². The second-order valence-corrected chi connectivity index (χ2v) is 6.69.